The summed E-state index contributed by atoms with van der Waals surface area (Å²) in [6.45, 7) is 6.39. The number of rotatable bonds is 4. The molecule has 0 fully saturated rings. The normalized spacial score (nSPS) is 16.4. The van der Waals surface area contributed by atoms with Crippen LogP contribution in [0, 0.1) is 5.82 Å². The molecule has 0 saturated heterocycles. The van der Waals surface area contributed by atoms with Crippen LogP contribution in [0.4, 0.5) is 4.39 Å². The van der Waals surface area contributed by atoms with Crippen molar-refractivity contribution in [3.8, 4) is 0 Å². The summed E-state index contributed by atoms with van der Waals surface area (Å²) in [5.41, 5.74) is 1.29. The van der Waals surface area contributed by atoms with Gasteiger partial charge in [-0.2, -0.15) is 0 Å². The fourth-order valence-electron chi connectivity index (χ4n) is 2.78. The lowest BCUT2D eigenvalue weighted by Gasteiger charge is -2.19. The van der Waals surface area contributed by atoms with Gasteiger partial charge in [-0.15, -0.1) is 0 Å². The van der Waals surface area contributed by atoms with Crippen LogP contribution in [0.25, 0.3) is 0 Å². The summed E-state index contributed by atoms with van der Waals surface area (Å²) in [6.07, 6.45) is 0.220. The zero-order valence-corrected chi connectivity index (χ0v) is 15.9. The van der Waals surface area contributed by atoms with Crippen LogP contribution >= 0.6 is 11.8 Å². The minimum atomic E-state index is -0.304. The zero-order chi connectivity index (χ0) is 18.9. The van der Waals surface area contributed by atoms with Crippen molar-refractivity contribution in [3.63, 3.8) is 0 Å². The minimum Gasteiger partial charge on any atom is -0.352 e. The average molecular weight is 375 g/mol. The molecule has 1 aromatic carbocycles. The van der Waals surface area contributed by atoms with Crippen LogP contribution in [0.1, 0.15) is 44.5 Å². The summed E-state index contributed by atoms with van der Waals surface area (Å²) < 4.78 is 14.5. The van der Waals surface area contributed by atoms with Gasteiger partial charge in [-0.3, -0.25) is 14.2 Å². The van der Waals surface area contributed by atoms with Gasteiger partial charge in [0.2, 0.25) is 5.91 Å². The second kappa shape index (κ2) is 7.23. The maximum Gasteiger partial charge on any atom is 0.254 e. The topological polar surface area (TPSA) is 64.0 Å². The van der Waals surface area contributed by atoms with Crippen molar-refractivity contribution >= 4 is 17.7 Å². The molecule has 0 bridgehead atoms. The van der Waals surface area contributed by atoms with E-state index in [4.69, 9.17) is 0 Å². The van der Waals surface area contributed by atoms with Gasteiger partial charge in [-0.05, 0) is 17.7 Å². The molecule has 3 rings (SSSR count). The van der Waals surface area contributed by atoms with E-state index in [0.717, 1.165) is 11.3 Å². The molecular formula is C19H22FN3O2S. The Kier molecular flexibility index (Phi) is 5.18. The Labute approximate surface area is 156 Å². The Balaban J connectivity index is 1.67. The maximum absolute atomic E-state index is 12.9. The van der Waals surface area contributed by atoms with Crippen LogP contribution < -0.4 is 10.9 Å². The van der Waals surface area contributed by atoms with Crippen LogP contribution in [0.2, 0.25) is 0 Å². The summed E-state index contributed by atoms with van der Waals surface area (Å²) in [5, 5.41) is 3.50. The van der Waals surface area contributed by atoms with Crippen molar-refractivity contribution < 1.29 is 9.18 Å². The van der Waals surface area contributed by atoms with E-state index in [9.17, 15) is 14.0 Å². The number of nitrogens with one attached hydrogen (secondary N) is 1. The smallest absolute Gasteiger partial charge is 0.254 e. The number of hydrogen-bond donors (Lipinski definition) is 1. The summed E-state index contributed by atoms with van der Waals surface area (Å²) in [6, 6.07) is 7.38. The van der Waals surface area contributed by atoms with E-state index in [-0.39, 0.29) is 35.2 Å². The van der Waals surface area contributed by atoms with Crippen molar-refractivity contribution in [3.05, 3.63) is 57.8 Å². The first-order valence-electron chi connectivity index (χ1n) is 8.52. The molecule has 2 heterocycles. The van der Waals surface area contributed by atoms with Gasteiger partial charge in [0.25, 0.3) is 5.56 Å². The molecule has 1 aliphatic rings. The van der Waals surface area contributed by atoms with Crippen molar-refractivity contribution in [1.29, 1.82) is 0 Å². The summed E-state index contributed by atoms with van der Waals surface area (Å²) in [7, 11) is 0. The number of fused-ring (bicyclic) bond motifs is 1. The predicted octanol–water partition coefficient (Wildman–Crippen LogP) is 3.03. The van der Waals surface area contributed by atoms with Crippen molar-refractivity contribution in [2.45, 2.75) is 50.4 Å². The van der Waals surface area contributed by atoms with E-state index in [1.165, 1.54) is 23.9 Å². The largest absolute Gasteiger partial charge is 0.352 e. The quantitative estimate of drug-likeness (QED) is 0.835. The highest BCUT2D eigenvalue weighted by Crippen LogP contribution is 2.33. The first-order valence-corrected chi connectivity index (χ1v) is 9.50. The molecule has 7 heteroatoms. The fraction of sp³-hybridized carbons (Fsp3) is 0.421. The van der Waals surface area contributed by atoms with Gasteiger partial charge >= 0.3 is 0 Å². The number of carbonyl (C=O) groups is 1. The Morgan fingerprint density at radius 3 is 2.69 bits per heavy atom. The molecule has 1 atom stereocenters. The lowest BCUT2D eigenvalue weighted by Crippen LogP contribution is -2.31. The molecule has 0 spiro atoms. The number of halogens is 1. The fourth-order valence-corrected chi connectivity index (χ4v) is 3.93. The minimum absolute atomic E-state index is 0.110. The van der Waals surface area contributed by atoms with Crippen molar-refractivity contribution in [2.75, 3.05) is 5.75 Å². The first kappa shape index (κ1) is 18.6. The molecule has 1 aliphatic heterocycles. The Morgan fingerprint density at radius 2 is 2.04 bits per heavy atom. The molecule has 0 radical (unpaired) electrons. The van der Waals surface area contributed by atoms with Crippen LogP contribution in [0.5, 0.6) is 0 Å². The van der Waals surface area contributed by atoms with Gasteiger partial charge in [0.1, 0.15) is 5.82 Å². The van der Waals surface area contributed by atoms with Gasteiger partial charge in [0.15, 0.2) is 5.16 Å². The van der Waals surface area contributed by atoms with E-state index < -0.39 is 0 Å². The number of benzene rings is 1. The van der Waals surface area contributed by atoms with E-state index in [2.05, 4.69) is 10.3 Å². The zero-order valence-electron chi connectivity index (χ0n) is 15.1. The van der Waals surface area contributed by atoms with Gasteiger partial charge in [-0.1, -0.05) is 44.7 Å². The highest BCUT2D eigenvalue weighted by Gasteiger charge is 2.29. The Morgan fingerprint density at radius 1 is 1.35 bits per heavy atom. The van der Waals surface area contributed by atoms with Crippen molar-refractivity contribution in [2.24, 2.45) is 0 Å². The number of aromatic nitrogens is 2. The van der Waals surface area contributed by atoms with Crippen LogP contribution in [-0.2, 0) is 16.8 Å². The van der Waals surface area contributed by atoms with Gasteiger partial charge in [-0.25, -0.2) is 9.37 Å². The molecule has 26 heavy (non-hydrogen) atoms. The van der Waals surface area contributed by atoms with Crippen LogP contribution in [0.3, 0.4) is 0 Å². The Hall–Kier alpha value is -2.15. The molecular weight excluding hydrogens is 353 g/mol. The second-order valence-electron chi connectivity index (χ2n) is 7.45. The van der Waals surface area contributed by atoms with E-state index >= 15 is 0 Å². The van der Waals surface area contributed by atoms with Crippen LogP contribution in [0.15, 0.2) is 40.3 Å². The molecule has 0 aliphatic carbocycles. The van der Waals surface area contributed by atoms with E-state index in [1.54, 1.807) is 22.8 Å². The number of amides is 1. The molecule has 5 nitrogen and oxygen atoms in total. The monoisotopic (exact) mass is 375 g/mol. The summed E-state index contributed by atoms with van der Waals surface area (Å²) in [5.74, 6) is 0.209. The van der Waals surface area contributed by atoms with Gasteiger partial charge < -0.3 is 5.32 Å². The molecule has 1 aromatic heterocycles. The third-order valence-electron chi connectivity index (χ3n) is 4.28. The molecule has 1 N–H and O–H groups in total. The lowest BCUT2D eigenvalue weighted by atomic mass is 9.92. The van der Waals surface area contributed by atoms with Crippen molar-refractivity contribution in [1.82, 2.24) is 14.9 Å². The highest BCUT2D eigenvalue weighted by molar-refractivity contribution is 7.99. The summed E-state index contributed by atoms with van der Waals surface area (Å²) >= 11 is 1.51. The maximum atomic E-state index is 12.9. The first-order chi connectivity index (χ1) is 12.2. The van der Waals surface area contributed by atoms with Crippen LogP contribution in [-0.4, -0.2) is 21.2 Å². The average Bonchev–Trinajstić information content (AvgIpc) is 2.97. The number of thioether (sulfide) groups is 1. The Bertz CT molecular complexity index is 872. The second-order valence-corrected chi connectivity index (χ2v) is 8.44. The van der Waals surface area contributed by atoms with E-state index in [0.29, 0.717) is 17.5 Å². The number of hydrogen-bond acceptors (Lipinski definition) is 4. The lowest BCUT2D eigenvalue weighted by molar-refractivity contribution is -0.121. The van der Waals surface area contributed by atoms with E-state index in [1.807, 2.05) is 20.8 Å². The van der Waals surface area contributed by atoms with Gasteiger partial charge in [0, 0.05) is 30.2 Å². The number of nitrogens with zero attached hydrogens (tertiary/aromatic N) is 2. The predicted molar refractivity (Wildman–Crippen MR) is 99.8 cm³/mol. The summed E-state index contributed by atoms with van der Waals surface area (Å²) in [4.78, 5) is 29.4. The molecule has 1 unspecified atom stereocenters. The molecule has 0 saturated carbocycles. The molecule has 2 aromatic rings. The number of carbonyl (C=O) groups excluding carboxylic acids is 1. The highest BCUT2D eigenvalue weighted by atomic mass is 32.2. The third kappa shape index (κ3) is 4.15. The van der Waals surface area contributed by atoms with Gasteiger partial charge in [0.05, 0.1) is 11.7 Å². The third-order valence-corrected chi connectivity index (χ3v) is 5.38. The standard InChI is InChI=1S/C19H22FN3O2S/c1-19(2,3)15-9-17(25)23-14(11-26-18(23)22-15)8-16(24)21-10-12-4-6-13(20)7-5-12/h4-7,9,14H,8,10-11H2,1-3H3,(H,21,24). The molecule has 138 valence electrons. The SMILES string of the molecule is CC(C)(C)c1cc(=O)n2c(n1)SCC2CC(=O)NCc1ccc(F)cc1. The molecule has 1 amide bonds.